The predicted molar refractivity (Wildman–Crippen MR) is 56.2 cm³/mol. The van der Waals surface area contributed by atoms with Crippen LogP contribution in [0.3, 0.4) is 0 Å². The first-order valence-corrected chi connectivity index (χ1v) is 4.34. The second-order valence-electron chi connectivity index (χ2n) is 2.99. The summed E-state index contributed by atoms with van der Waals surface area (Å²) in [5, 5.41) is 13.6. The van der Waals surface area contributed by atoms with Crippen LogP contribution in [-0.2, 0) is 4.79 Å². The third kappa shape index (κ3) is 2.88. The van der Waals surface area contributed by atoms with Gasteiger partial charge < -0.3 is 10.4 Å². The average molecular weight is 224 g/mol. The monoisotopic (exact) mass is 224 g/mol. The van der Waals surface area contributed by atoms with Gasteiger partial charge in [-0.1, -0.05) is 0 Å². The van der Waals surface area contributed by atoms with Crippen LogP contribution in [0.4, 0.5) is 10.1 Å². The summed E-state index contributed by atoms with van der Waals surface area (Å²) >= 11 is 0. The quantitative estimate of drug-likeness (QED) is 0.469. The van der Waals surface area contributed by atoms with Crippen LogP contribution in [0.15, 0.2) is 40.9 Å². The molecule has 0 bridgehead atoms. The van der Waals surface area contributed by atoms with E-state index in [0.717, 1.165) is 12.1 Å². The highest BCUT2D eigenvalue weighted by atomic mass is 19.1. The van der Waals surface area contributed by atoms with Crippen molar-refractivity contribution in [2.45, 2.75) is 6.92 Å². The zero-order valence-corrected chi connectivity index (χ0v) is 8.40. The van der Waals surface area contributed by atoms with Crippen molar-refractivity contribution >= 4 is 11.6 Å². The summed E-state index contributed by atoms with van der Waals surface area (Å²) in [4.78, 5) is 21.6. The van der Waals surface area contributed by atoms with Gasteiger partial charge in [-0.2, -0.15) is 0 Å². The van der Waals surface area contributed by atoms with E-state index in [0.29, 0.717) is 5.69 Å². The van der Waals surface area contributed by atoms with Gasteiger partial charge in [-0.3, -0.25) is 4.79 Å². The first-order chi connectivity index (χ1) is 7.54. The van der Waals surface area contributed by atoms with E-state index in [-0.39, 0.29) is 0 Å². The van der Waals surface area contributed by atoms with E-state index >= 15 is 0 Å². The number of carbonyl (C=O) groups is 1. The fourth-order valence-electron chi connectivity index (χ4n) is 0.995. The van der Waals surface area contributed by atoms with Crippen molar-refractivity contribution < 1.29 is 14.3 Å². The minimum atomic E-state index is -0.846. The van der Waals surface area contributed by atoms with Gasteiger partial charge in [-0.05, 0) is 36.4 Å². The molecule has 2 N–H and O–H groups in total. The summed E-state index contributed by atoms with van der Waals surface area (Å²) in [6.07, 6.45) is 0. The zero-order valence-electron chi connectivity index (χ0n) is 8.40. The van der Waals surface area contributed by atoms with Crippen molar-refractivity contribution in [2.75, 3.05) is 5.32 Å². The summed E-state index contributed by atoms with van der Waals surface area (Å²) in [5.74, 6) is -1.77. The molecule has 84 valence electrons. The Morgan fingerprint density at radius 2 is 1.94 bits per heavy atom. The SMILES string of the molecule is CC(O)=C(N=O)C(=O)Nc1ccc(F)cc1. The number of nitrogens with zero attached hydrogens (tertiary/aromatic N) is 1. The van der Waals surface area contributed by atoms with E-state index in [1.807, 2.05) is 0 Å². The van der Waals surface area contributed by atoms with Gasteiger partial charge in [0.25, 0.3) is 5.91 Å². The molecule has 1 amide bonds. The molecule has 16 heavy (non-hydrogen) atoms. The molecule has 0 fully saturated rings. The fraction of sp³-hybridized carbons (Fsp3) is 0.100. The van der Waals surface area contributed by atoms with Crippen molar-refractivity contribution in [3.05, 3.63) is 46.4 Å². The van der Waals surface area contributed by atoms with E-state index in [1.54, 1.807) is 0 Å². The standard InChI is InChI=1S/C10H9FN2O3/c1-6(14)9(13-16)10(15)12-8-4-2-7(11)3-5-8/h2-5,14H,1H3,(H,12,15). The molecule has 0 atom stereocenters. The number of rotatable bonds is 3. The Labute approximate surface area is 90.6 Å². The van der Waals surface area contributed by atoms with E-state index < -0.39 is 23.2 Å². The van der Waals surface area contributed by atoms with Gasteiger partial charge in [0.15, 0.2) is 0 Å². The van der Waals surface area contributed by atoms with Crippen molar-refractivity contribution in [3.8, 4) is 0 Å². The summed E-state index contributed by atoms with van der Waals surface area (Å²) in [7, 11) is 0. The topological polar surface area (TPSA) is 78.8 Å². The van der Waals surface area contributed by atoms with Crippen LogP contribution in [0.2, 0.25) is 0 Å². The predicted octanol–water partition coefficient (Wildman–Crippen LogP) is 2.32. The lowest BCUT2D eigenvalue weighted by Gasteiger charge is -2.03. The molecule has 0 spiro atoms. The second kappa shape index (κ2) is 5.01. The van der Waals surface area contributed by atoms with Crippen LogP contribution in [0.5, 0.6) is 0 Å². The fourth-order valence-corrected chi connectivity index (χ4v) is 0.995. The molecular formula is C10H9FN2O3. The molecule has 0 unspecified atom stereocenters. The maximum Gasteiger partial charge on any atom is 0.281 e. The van der Waals surface area contributed by atoms with Gasteiger partial charge in [-0.25, -0.2) is 4.39 Å². The molecule has 0 saturated carbocycles. The first-order valence-electron chi connectivity index (χ1n) is 4.34. The molecule has 6 heteroatoms. The van der Waals surface area contributed by atoms with Gasteiger partial charge in [-0.15, -0.1) is 4.91 Å². The summed E-state index contributed by atoms with van der Waals surface area (Å²) in [6.45, 7) is 1.17. The van der Waals surface area contributed by atoms with E-state index in [4.69, 9.17) is 5.11 Å². The Bertz CT molecular complexity index is 436. The maximum atomic E-state index is 12.5. The van der Waals surface area contributed by atoms with E-state index in [9.17, 15) is 14.1 Å². The normalized spacial score (nSPS) is 11.6. The summed E-state index contributed by atoms with van der Waals surface area (Å²) < 4.78 is 12.5. The summed E-state index contributed by atoms with van der Waals surface area (Å²) in [5.41, 5.74) is -0.307. The Hall–Kier alpha value is -2.24. The number of nitroso groups, excluding NO2 is 1. The molecule has 0 heterocycles. The molecule has 1 aromatic rings. The number of amides is 1. The van der Waals surface area contributed by atoms with Crippen molar-refractivity contribution in [3.63, 3.8) is 0 Å². The van der Waals surface area contributed by atoms with Crippen molar-refractivity contribution in [1.29, 1.82) is 0 Å². The van der Waals surface area contributed by atoms with Gasteiger partial charge in [0, 0.05) is 5.69 Å². The number of aliphatic hydroxyl groups is 1. The largest absolute Gasteiger partial charge is 0.510 e. The number of hydrogen-bond donors (Lipinski definition) is 2. The lowest BCUT2D eigenvalue weighted by Crippen LogP contribution is -2.14. The lowest BCUT2D eigenvalue weighted by molar-refractivity contribution is -0.113. The molecule has 0 aliphatic carbocycles. The number of nitrogens with one attached hydrogen (secondary N) is 1. The van der Waals surface area contributed by atoms with Crippen LogP contribution in [0.1, 0.15) is 6.92 Å². The Balaban J connectivity index is 2.83. The van der Waals surface area contributed by atoms with E-state index in [1.165, 1.54) is 19.1 Å². The van der Waals surface area contributed by atoms with Crippen LogP contribution >= 0.6 is 0 Å². The highest BCUT2D eigenvalue weighted by Gasteiger charge is 2.13. The zero-order chi connectivity index (χ0) is 12.1. The van der Waals surface area contributed by atoms with Crippen molar-refractivity contribution in [2.24, 2.45) is 5.18 Å². The molecule has 0 radical (unpaired) electrons. The number of allylic oxidation sites excluding steroid dienone is 1. The highest BCUT2D eigenvalue weighted by molar-refractivity contribution is 6.03. The Kier molecular flexibility index (Phi) is 3.71. The van der Waals surface area contributed by atoms with Crippen LogP contribution in [0, 0.1) is 10.7 Å². The second-order valence-corrected chi connectivity index (χ2v) is 2.99. The molecule has 0 aliphatic rings. The summed E-state index contributed by atoms with van der Waals surface area (Å²) in [6, 6.07) is 4.95. The molecular weight excluding hydrogens is 215 g/mol. The molecule has 1 aromatic carbocycles. The van der Waals surface area contributed by atoms with Gasteiger partial charge >= 0.3 is 0 Å². The molecule has 0 aliphatic heterocycles. The third-order valence-electron chi connectivity index (χ3n) is 1.75. The van der Waals surface area contributed by atoms with Gasteiger partial charge in [0.05, 0.1) is 0 Å². The lowest BCUT2D eigenvalue weighted by atomic mass is 10.3. The molecule has 0 saturated heterocycles. The van der Waals surface area contributed by atoms with Crippen LogP contribution in [0.25, 0.3) is 0 Å². The number of benzene rings is 1. The average Bonchev–Trinajstić information content (AvgIpc) is 2.22. The number of hydrogen-bond acceptors (Lipinski definition) is 4. The first kappa shape index (κ1) is 11.8. The molecule has 1 rings (SSSR count). The van der Waals surface area contributed by atoms with Crippen LogP contribution in [-0.4, -0.2) is 11.0 Å². The number of halogens is 1. The van der Waals surface area contributed by atoms with Crippen molar-refractivity contribution in [1.82, 2.24) is 0 Å². The smallest absolute Gasteiger partial charge is 0.281 e. The van der Waals surface area contributed by atoms with E-state index in [2.05, 4.69) is 10.5 Å². The van der Waals surface area contributed by atoms with Crippen LogP contribution < -0.4 is 5.32 Å². The highest BCUT2D eigenvalue weighted by Crippen LogP contribution is 2.11. The third-order valence-corrected chi connectivity index (χ3v) is 1.75. The van der Waals surface area contributed by atoms with Gasteiger partial charge in [0.1, 0.15) is 11.6 Å². The minimum Gasteiger partial charge on any atom is -0.510 e. The van der Waals surface area contributed by atoms with Gasteiger partial charge in [0.2, 0.25) is 5.70 Å². The Morgan fingerprint density at radius 1 is 1.38 bits per heavy atom. The molecule has 5 nitrogen and oxygen atoms in total. The number of carbonyl (C=O) groups excluding carboxylic acids is 1. The number of anilines is 1. The maximum absolute atomic E-state index is 12.5. The molecule has 0 aromatic heterocycles. The Morgan fingerprint density at radius 3 is 2.38 bits per heavy atom. The number of aliphatic hydroxyl groups excluding tert-OH is 1. The minimum absolute atomic E-state index is 0.300.